The van der Waals surface area contributed by atoms with Crippen molar-refractivity contribution < 1.29 is 23.0 Å². The number of aliphatic hydroxyl groups is 1. The first-order valence-electron chi connectivity index (χ1n) is 6.64. The van der Waals surface area contributed by atoms with Gasteiger partial charge in [-0.05, 0) is 24.2 Å². The summed E-state index contributed by atoms with van der Waals surface area (Å²) in [5.74, 6) is -0.0719. The Morgan fingerprint density at radius 2 is 1.95 bits per heavy atom. The second kappa shape index (κ2) is 9.30. The Bertz CT molecular complexity index is 390. The van der Waals surface area contributed by atoms with E-state index in [0.29, 0.717) is 0 Å². The highest BCUT2D eigenvalue weighted by molar-refractivity contribution is 8.00. The summed E-state index contributed by atoms with van der Waals surface area (Å²) < 4.78 is 41.2. The number of alkyl halides is 3. The molecule has 0 amide bonds. The SMILES string of the molecule is CC(OCC(O)CNCCSC(F)(F)F)c1ccccc1. The van der Waals surface area contributed by atoms with Gasteiger partial charge in [0.15, 0.2) is 0 Å². The molecule has 0 fully saturated rings. The number of ether oxygens (including phenoxy) is 1. The van der Waals surface area contributed by atoms with Crippen molar-refractivity contribution in [3.8, 4) is 0 Å². The van der Waals surface area contributed by atoms with Gasteiger partial charge in [-0.25, -0.2) is 0 Å². The fourth-order valence-corrected chi connectivity index (χ4v) is 2.12. The Hall–Kier alpha value is -0.760. The van der Waals surface area contributed by atoms with Crippen LogP contribution in [-0.4, -0.2) is 42.2 Å². The van der Waals surface area contributed by atoms with Crippen molar-refractivity contribution in [1.29, 1.82) is 0 Å². The monoisotopic (exact) mass is 323 g/mol. The van der Waals surface area contributed by atoms with Crippen LogP contribution in [0.3, 0.4) is 0 Å². The summed E-state index contributed by atoms with van der Waals surface area (Å²) >= 11 is -0.0746. The lowest BCUT2D eigenvalue weighted by atomic mass is 10.1. The third-order valence-corrected chi connectivity index (χ3v) is 3.47. The van der Waals surface area contributed by atoms with Crippen LogP contribution in [0.1, 0.15) is 18.6 Å². The first-order valence-corrected chi connectivity index (χ1v) is 7.63. The third-order valence-electron chi connectivity index (χ3n) is 2.73. The Labute approximate surface area is 126 Å². The average molecular weight is 323 g/mol. The summed E-state index contributed by atoms with van der Waals surface area (Å²) in [4.78, 5) is 0. The van der Waals surface area contributed by atoms with Crippen LogP contribution < -0.4 is 5.32 Å². The van der Waals surface area contributed by atoms with Crippen LogP contribution in [0.15, 0.2) is 30.3 Å². The molecule has 0 aliphatic rings. The van der Waals surface area contributed by atoms with Gasteiger partial charge in [-0.15, -0.1) is 0 Å². The second-order valence-electron chi connectivity index (χ2n) is 4.54. The van der Waals surface area contributed by atoms with E-state index in [-0.39, 0.29) is 43.3 Å². The maximum absolute atomic E-state index is 11.9. The molecule has 1 rings (SSSR count). The number of hydrogen-bond donors (Lipinski definition) is 2. The van der Waals surface area contributed by atoms with Crippen molar-refractivity contribution in [2.24, 2.45) is 0 Å². The lowest BCUT2D eigenvalue weighted by Gasteiger charge is -2.17. The highest BCUT2D eigenvalue weighted by atomic mass is 32.2. The molecule has 3 nitrogen and oxygen atoms in total. The standard InChI is InChI=1S/C14H20F3NO2S/c1-11(12-5-3-2-4-6-12)20-10-13(19)9-18-7-8-21-14(15,16)17/h2-6,11,13,18-19H,7-10H2,1H3. The summed E-state index contributed by atoms with van der Waals surface area (Å²) in [5.41, 5.74) is -3.19. The minimum absolute atomic E-state index is 0.0719. The lowest BCUT2D eigenvalue weighted by molar-refractivity contribution is -0.0327. The van der Waals surface area contributed by atoms with Crippen LogP contribution in [0.4, 0.5) is 13.2 Å². The number of rotatable bonds is 9. The number of benzene rings is 1. The van der Waals surface area contributed by atoms with Gasteiger partial charge in [0.25, 0.3) is 0 Å². The molecule has 120 valence electrons. The summed E-state index contributed by atoms with van der Waals surface area (Å²) in [6, 6.07) is 9.60. The maximum atomic E-state index is 11.9. The average Bonchev–Trinajstić information content (AvgIpc) is 2.44. The molecule has 0 spiro atoms. The summed E-state index contributed by atoms with van der Waals surface area (Å²) in [7, 11) is 0. The first-order chi connectivity index (χ1) is 9.88. The molecule has 0 saturated carbocycles. The molecule has 0 radical (unpaired) electrons. The predicted octanol–water partition coefficient (Wildman–Crippen LogP) is 2.97. The quantitative estimate of drug-likeness (QED) is 0.686. The zero-order chi connectivity index (χ0) is 15.7. The molecule has 0 bridgehead atoms. The van der Waals surface area contributed by atoms with E-state index in [1.165, 1.54) is 0 Å². The van der Waals surface area contributed by atoms with Gasteiger partial charge in [0.05, 0.1) is 18.8 Å². The number of hydrogen-bond acceptors (Lipinski definition) is 4. The molecule has 0 aliphatic carbocycles. The molecule has 0 heterocycles. The van der Waals surface area contributed by atoms with Crippen LogP contribution in [0.5, 0.6) is 0 Å². The molecule has 0 saturated heterocycles. The Morgan fingerprint density at radius 1 is 1.29 bits per heavy atom. The molecule has 0 aliphatic heterocycles. The largest absolute Gasteiger partial charge is 0.441 e. The fourth-order valence-electron chi connectivity index (χ4n) is 1.64. The van der Waals surface area contributed by atoms with Crippen molar-refractivity contribution in [1.82, 2.24) is 5.32 Å². The topological polar surface area (TPSA) is 41.5 Å². The van der Waals surface area contributed by atoms with Gasteiger partial charge in [-0.1, -0.05) is 30.3 Å². The van der Waals surface area contributed by atoms with E-state index in [4.69, 9.17) is 4.74 Å². The molecular formula is C14H20F3NO2S. The second-order valence-corrected chi connectivity index (χ2v) is 5.70. The van der Waals surface area contributed by atoms with Crippen LogP contribution in [0.25, 0.3) is 0 Å². The third kappa shape index (κ3) is 8.98. The van der Waals surface area contributed by atoms with Gasteiger partial charge in [0, 0.05) is 18.8 Å². The van der Waals surface area contributed by atoms with Crippen LogP contribution in [0.2, 0.25) is 0 Å². The van der Waals surface area contributed by atoms with E-state index in [1.807, 2.05) is 37.3 Å². The van der Waals surface area contributed by atoms with Crippen molar-refractivity contribution in [2.75, 3.05) is 25.4 Å². The Balaban J connectivity index is 2.10. The molecule has 2 unspecified atom stereocenters. The van der Waals surface area contributed by atoms with Crippen molar-refractivity contribution >= 4 is 11.8 Å². The number of nitrogens with one attached hydrogen (secondary N) is 1. The van der Waals surface area contributed by atoms with E-state index in [2.05, 4.69) is 5.32 Å². The zero-order valence-electron chi connectivity index (χ0n) is 11.8. The summed E-state index contributed by atoms with van der Waals surface area (Å²) in [6.07, 6.45) is -0.881. The van der Waals surface area contributed by atoms with Crippen LogP contribution >= 0.6 is 11.8 Å². The van der Waals surface area contributed by atoms with E-state index >= 15 is 0 Å². The highest BCUT2D eigenvalue weighted by Gasteiger charge is 2.27. The van der Waals surface area contributed by atoms with Crippen LogP contribution in [-0.2, 0) is 4.74 Å². The molecule has 1 aromatic rings. The summed E-state index contributed by atoms with van der Waals surface area (Å²) in [5, 5.41) is 12.5. The van der Waals surface area contributed by atoms with Gasteiger partial charge in [0.1, 0.15) is 0 Å². The first kappa shape index (κ1) is 18.3. The Morgan fingerprint density at radius 3 is 2.57 bits per heavy atom. The number of halogens is 3. The molecule has 7 heteroatoms. The van der Waals surface area contributed by atoms with E-state index in [9.17, 15) is 18.3 Å². The zero-order valence-corrected chi connectivity index (χ0v) is 12.6. The fraction of sp³-hybridized carbons (Fsp3) is 0.571. The van der Waals surface area contributed by atoms with Gasteiger partial charge in [-0.2, -0.15) is 13.2 Å². The van der Waals surface area contributed by atoms with Gasteiger partial charge in [-0.3, -0.25) is 0 Å². The maximum Gasteiger partial charge on any atom is 0.441 e. The molecule has 0 aromatic heterocycles. The lowest BCUT2D eigenvalue weighted by Crippen LogP contribution is -2.32. The van der Waals surface area contributed by atoms with Crippen molar-refractivity contribution in [2.45, 2.75) is 24.6 Å². The molecule has 2 atom stereocenters. The normalized spacial score (nSPS) is 14.9. The van der Waals surface area contributed by atoms with Crippen molar-refractivity contribution in [3.63, 3.8) is 0 Å². The minimum atomic E-state index is -4.20. The predicted molar refractivity (Wildman–Crippen MR) is 78.2 cm³/mol. The van der Waals surface area contributed by atoms with Crippen LogP contribution in [0, 0.1) is 0 Å². The highest BCUT2D eigenvalue weighted by Crippen LogP contribution is 2.29. The molecule has 21 heavy (non-hydrogen) atoms. The Kier molecular flexibility index (Phi) is 8.10. The van der Waals surface area contributed by atoms with Gasteiger partial charge >= 0.3 is 5.51 Å². The number of thioether (sulfide) groups is 1. The van der Waals surface area contributed by atoms with Gasteiger partial charge in [0.2, 0.25) is 0 Å². The molecule has 2 N–H and O–H groups in total. The minimum Gasteiger partial charge on any atom is -0.389 e. The molecular weight excluding hydrogens is 303 g/mol. The van der Waals surface area contributed by atoms with Crippen molar-refractivity contribution in [3.05, 3.63) is 35.9 Å². The molecule has 1 aromatic carbocycles. The summed E-state index contributed by atoms with van der Waals surface area (Å²) in [6.45, 7) is 2.42. The van der Waals surface area contributed by atoms with E-state index < -0.39 is 11.6 Å². The van der Waals surface area contributed by atoms with Gasteiger partial charge < -0.3 is 15.2 Å². The van der Waals surface area contributed by atoms with E-state index in [1.54, 1.807) is 0 Å². The number of aliphatic hydroxyl groups excluding tert-OH is 1. The smallest absolute Gasteiger partial charge is 0.389 e. The van der Waals surface area contributed by atoms with E-state index in [0.717, 1.165) is 5.56 Å².